The number of hydrogen-bond acceptors (Lipinski definition) is 5. The number of likely N-dealkylation sites (tertiary alicyclic amines) is 2. The fraction of sp³-hybridized carbons (Fsp3) is 0.864. The molecular weight excluding hydrogens is 376 g/mol. The van der Waals surface area contributed by atoms with Crippen LogP contribution in [-0.2, 0) is 6.54 Å². The van der Waals surface area contributed by atoms with Crippen molar-refractivity contribution in [2.75, 3.05) is 46.3 Å². The van der Waals surface area contributed by atoms with Gasteiger partial charge in [-0.05, 0) is 85.6 Å². The predicted octanol–water partition coefficient (Wildman–Crippen LogP) is 1.93. The summed E-state index contributed by atoms with van der Waals surface area (Å²) in [6.45, 7) is 11.6. The first-order valence-corrected chi connectivity index (χ1v) is 12.0. The molecule has 0 spiro atoms. The summed E-state index contributed by atoms with van der Waals surface area (Å²) in [7, 11) is 2.25. The van der Waals surface area contributed by atoms with Gasteiger partial charge in [-0.1, -0.05) is 6.42 Å². The molecule has 0 saturated carbocycles. The normalized spacial score (nSPS) is 25.7. The van der Waals surface area contributed by atoms with Gasteiger partial charge in [-0.15, -0.1) is 0 Å². The van der Waals surface area contributed by atoms with Crippen molar-refractivity contribution in [3.8, 4) is 0 Å². The van der Waals surface area contributed by atoms with Gasteiger partial charge in [0, 0.05) is 18.6 Å². The second-order valence-corrected chi connectivity index (χ2v) is 9.35. The summed E-state index contributed by atoms with van der Waals surface area (Å²) in [5, 5.41) is 11.7. The first-order valence-electron chi connectivity index (χ1n) is 12.0. The molecule has 8 heteroatoms. The maximum absolute atomic E-state index is 5.16. The number of aliphatic imine (C=N–C) groups is 1. The molecule has 1 unspecified atom stereocenters. The van der Waals surface area contributed by atoms with Gasteiger partial charge in [0.1, 0.15) is 11.6 Å². The maximum Gasteiger partial charge on any atom is 0.191 e. The zero-order chi connectivity index (χ0) is 21.0. The second-order valence-electron chi connectivity index (χ2n) is 9.35. The van der Waals surface area contributed by atoms with E-state index in [1.807, 2.05) is 6.92 Å². The molecule has 1 atom stereocenters. The number of nitrogens with one attached hydrogen (secondary N) is 2. The summed E-state index contributed by atoms with van der Waals surface area (Å²) in [4.78, 5) is 15.1. The number of piperidine rings is 2. The van der Waals surface area contributed by atoms with Gasteiger partial charge in [0.15, 0.2) is 5.96 Å². The van der Waals surface area contributed by atoms with Gasteiger partial charge in [0.2, 0.25) is 0 Å². The molecule has 30 heavy (non-hydrogen) atoms. The van der Waals surface area contributed by atoms with Crippen LogP contribution in [0.25, 0.3) is 0 Å². The van der Waals surface area contributed by atoms with Crippen LogP contribution in [0.3, 0.4) is 0 Å². The largest absolute Gasteiger partial charge is 0.357 e. The highest BCUT2D eigenvalue weighted by molar-refractivity contribution is 5.80. The highest BCUT2D eigenvalue weighted by Gasteiger charge is 2.39. The first kappa shape index (κ1) is 21.6. The fourth-order valence-corrected chi connectivity index (χ4v) is 5.29. The van der Waals surface area contributed by atoms with E-state index in [9.17, 15) is 0 Å². The van der Waals surface area contributed by atoms with E-state index < -0.39 is 0 Å². The third-order valence-electron chi connectivity index (χ3n) is 7.11. The zero-order valence-electron chi connectivity index (χ0n) is 19.2. The van der Waals surface area contributed by atoms with Crippen molar-refractivity contribution in [1.29, 1.82) is 0 Å². The summed E-state index contributed by atoms with van der Waals surface area (Å²) in [6.07, 6.45) is 8.66. The van der Waals surface area contributed by atoms with Crippen LogP contribution in [0.15, 0.2) is 4.99 Å². The minimum absolute atomic E-state index is 0.182. The van der Waals surface area contributed by atoms with Crippen LogP contribution in [0, 0.1) is 6.92 Å². The molecule has 8 nitrogen and oxygen atoms in total. The standard InChI is InChI=1S/C22H40N8/c1-4-23-21(26-19-9-8-14-30-20(19)25-18(2)27-30)24-17-22(10-15-28(3)16-11-22)29-12-6-5-7-13-29/h19H,4-17H2,1-3H3,(H2,23,24,26). The highest BCUT2D eigenvalue weighted by Crippen LogP contribution is 2.32. The Kier molecular flexibility index (Phi) is 6.93. The smallest absolute Gasteiger partial charge is 0.191 e. The molecule has 2 N–H and O–H groups in total. The topological polar surface area (TPSA) is 73.6 Å². The van der Waals surface area contributed by atoms with Crippen LogP contribution in [0.4, 0.5) is 0 Å². The molecule has 2 fully saturated rings. The van der Waals surface area contributed by atoms with Gasteiger partial charge in [-0.25, -0.2) is 9.67 Å². The molecule has 0 aromatic carbocycles. The molecule has 0 aliphatic carbocycles. The van der Waals surface area contributed by atoms with Crippen molar-refractivity contribution in [3.05, 3.63) is 11.6 Å². The molecule has 0 radical (unpaired) electrons. The molecule has 1 aromatic heterocycles. The Bertz CT molecular complexity index is 713. The van der Waals surface area contributed by atoms with Crippen molar-refractivity contribution < 1.29 is 0 Å². The van der Waals surface area contributed by atoms with Crippen molar-refractivity contribution in [3.63, 3.8) is 0 Å². The van der Waals surface area contributed by atoms with Crippen LogP contribution in [0.1, 0.15) is 69.6 Å². The molecule has 3 aliphatic rings. The third-order valence-corrected chi connectivity index (χ3v) is 7.11. The molecule has 0 bridgehead atoms. The maximum atomic E-state index is 5.16. The van der Waals surface area contributed by atoms with Gasteiger partial charge in [-0.2, -0.15) is 5.10 Å². The summed E-state index contributed by atoms with van der Waals surface area (Å²) in [5.74, 6) is 2.83. The third kappa shape index (κ3) is 4.80. The minimum Gasteiger partial charge on any atom is -0.357 e. The van der Waals surface area contributed by atoms with Gasteiger partial charge >= 0.3 is 0 Å². The number of nitrogens with zero attached hydrogens (tertiary/aromatic N) is 6. The van der Waals surface area contributed by atoms with E-state index in [2.05, 4.69) is 49.2 Å². The van der Waals surface area contributed by atoms with Crippen molar-refractivity contribution in [2.24, 2.45) is 4.99 Å². The summed E-state index contributed by atoms with van der Waals surface area (Å²) in [5.41, 5.74) is 0.207. The number of rotatable bonds is 5. The lowest BCUT2D eigenvalue weighted by molar-refractivity contribution is 0.0208. The molecule has 4 rings (SSSR count). The van der Waals surface area contributed by atoms with Gasteiger partial charge < -0.3 is 15.5 Å². The zero-order valence-corrected chi connectivity index (χ0v) is 19.2. The monoisotopic (exact) mass is 416 g/mol. The lowest BCUT2D eigenvalue weighted by Gasteiger charge is -2.49. The average Bonchev–Trinajstić information content (AvgIpc) is 3.15. The first-order chi connectivity index (χ1) is 14.6. The number of aryl methyl sites for hydroxylation is 2. The van der Waals surface area contributed by atoms with Crippen LogP contribution in [0.5, 0.6) is 0 Å². The summed E-state index contributed by atoms with van der Waals surface area (Å²) in [6, 6.07) is 0.182. The minimum atomic E-state index is 0.182. The number of aromatic nitrogens is 3. The Balaban J connectivity index is 1.50. The lowest BCUT2D eigenvalue weighted by Crippen LogP contribution is -2.58. The summed E-state index contributed by atoms with van der Waals surface area (Å²) >= 11 is 0. The van der Waals surface area contributed by atoms with Crippen molar-refractivity contribution in [2.45, 2.75) is 76.9 Å². The Hall–Kier alpha value is -1.67. The molecule has 168 valence electrons. The van der Waals surface area contributed by atoms with Crippen LogP contribution >= 0.6 is 0 Å². The Morgan fingerprint density at radius 2 is 1.87 bits per heavy atom. The van der Waals surface area contributed by atoms with E-state index in [4.69, 9.17) is 4.99 Å². The van der Waals surface area contributed by atoms with E-state index in [-0.39, 0.29) is 11.6 Å². The van der Waals surface area contributed by atoms with Crippen LogP contribution in [0.2, 0.25) is 0 Å². The van der Waals surface area contributed by atoms with Crippen molar-refractivity contribution >= 4 is 5.96 Å². The Morgan fingerprint density at radius 1 is 1.10 bits per heavy atom. The Morgan fingerprint density at radius 3 is 2.60 bits per heavy atom. The van der Waals surface area contributed by atoms with Crippen LogP contribution < -0.4 is 10.6 Å². The van der Waals surface area contributed by atoms with Crippen LogP contribution in [-0.4, -0.2) is 82.4 Å². The van der Waals surface area contributed by atoms with Gasteiger partial charge in [0.25, 0.3) is 0 Å². The van der Waals surface area contributed by atoms with E-state index >= 15 is 0 Å². The molecule has 4 heterocycles. The number of guanidine groups is 1. The SMILES string of the molecule is CCNC(=NCC1(N2CCCCC2)CCN(C)CC1)NC1CCCn2nc(C)nc21. The second kappa shape index (κ2) is 9.64. The lowest BCUT2D eigenvalue weighted by atomic mass is 9.84. The fourth-order valence-electron chi connectivity index (χ4n) is 5.29. The quantitative estimate of drug-likeness (QED) is 0.564. The van der Waals surface area contributed by atoms with E-state index in [1.54, 1.807) is 0 Å². The molecule has 1 aromatic rings. The highest BCUT2D eigenvalue weighted by atomic mass is 15.4. The predicted molar refractivity (Wildman–Crippen MR) is 121 cm³/mol. The molecular formula is C22H40N8. The number of hydrogen-bond donors (Lipinski definition) is 2. The molecule has 0 amide bonds. The molecule has 2 saturated heterocycles. The van der Waals surface area contributed by atoms with E-state index in [0.717, 1.165) is 50.1 Å². The summed E-state index contributed by atoms with van der Waals surface area (Å²) < 4.78 is 2.06. The van der Waals surface area contributed by atoms with Crippen molar-refractivity contribution in [1.82, 2.24) is 35.2 Å². The Labute approximate surface area is 181 Å². The van der Waals surface area contributed by atoms with Gasteiger partial charge in [-0.3, -0.25) is 9.89 Å². The number of fused-ring (bicyclic) bond motifs is 1. The molecule has 3 aliphatic heterocycles. The van der Waals surface area contributed by atoms with Gasteiger partial charge in [0.05, 0.1) is 12.6 Å². The average molecular weight is 417 g/mol. The van der Waals surface area contributed by atoms with E-state index in [1.165, 1.54) is 58.3 Å². The van der Waals surface area contributed by atoms with E-state index in [0.29, 0.717) is 0 Å².